The second-order valence-electron chi connectivity index (χ2n) is 4.12. The highest BCUT2D eigenvalue weighted by Crippen LogP contribution is 2.18. The maximum Gasteiger partial charge on any atom is 0.264 e. The van der Waals surface area contributed by atoms with E-state index in [9.17, 15) is 8.42 Å². The van der Waals surface area contributed by atoms with Crippen molar-refractivity contribution in [2.45, 2.75) is 11.8 Å². The zero-order chi connectivity index (χ0) is 15.3. The van der Waals surface area contributed by atoms with Gasteiger partial charge in [-0.25, -0.2) is 23.1 Å². The van der Waals surface area contributed by atoms with Crippen LogP contribution in [0.3, 0.4) is 0 Å². The number of sulfonamides is 1. The number of aromatic nitrogens is 2. The largest absolute Gasteiger partial charge is 0.384 e. The Hall–Kier alpha value is -2.43. The molecule has 0 aliphatic carbocycles. The van der Waals surface area contributed by atoms with E-state index in [1.54, 1.807) is 25.1 Å². The van der Waals surface area contributed by atoms with Crippen LogP contribution in [0, 0.1) is 18.8 Å². The number of nitrogens with zero attached hydrogens (tertiary/aromatic N) is 2. The summed E-state index contributed by atoms with van der Waals surface area (Å²) in [5.41, 5.74) is 1.08. The molecule has 0 bridgehead atoms. The van der Waals surface area contributed by atoms with Crippen LogP contribution in [0.2, 0.25) is 0 Å². The molecule has 108 valence electrons. The molecule has 0 amide bonds. The Morgan fingerprint density at radius 1 is 1.29 bits per heavy atom. The van der Waals surface area contributed by atoms with E-state index in [2.05, 4.69) is 26.5 Å². The summed E-state index contributed by atoms with van der Waals surface area (Å²) < 4.78 is 27.0. The molecular formula is C14H13N3O3S. The van der Waals surface area contributed by atoms with Gasteiger partial charge in [0.05, 0.1) is 4.90 Å². The molecule has 1 heterocycles. The van der Waals surface area contributed by atoms with E-state index in [4.69, 9.17) is 5.11 Å². The zero-order valence-corrected chi connectivity index (χ0v) is 12.1. The molecule has 2 N–H and O–H groups in total. The van der Waals surface area contributed by atoms with Gasteiger partial charge in [-0.3, -0.25) is 0 Å². The summed E-state index contributed by atoms with van der Waals surface area (Å²) in [6.45, 7) is 1.40. The third kappa shape index (κ3) is 3.78. The lowest BCUT2D eigenvalue weighted by Gasteiger charge is -2.09. The Bertz CT molecular complexity index is 793. The Labute approximate surface area is 122 Å². The molecule has 0 aliphatic rings. The third-order valence-corrected chi connectivity index (χ3v) is 4.05. The van der Waals surface area contributed by atoms with Crippen LogP contribution in [0.1, 0.15) is 11.1 Å². The molecular weight excluding hydrogens is 290 g/mol. The highest BCUT2D eigenvalue weighted by Gasteiger charge is 2.18. The van der Waals surface area contributed by atoms with E-state index in [1.807, 2.05) is 0 Å². The Balaban J connectivity index is 2.39. The minimum absolute atomic E-state index is 0.00347. The zero-order valence-electron chi connectivity index (χ0n) is 11.2. The molecule has 0 spiro atoms. The van der Waals surface area contributed by atoms with Crippen molar-refractivity contribution in [3.63, 3.8) is 0 Å². The lowest BCUT2D eigenvalue weighted by molar-refractivity contribution is 0.350. The topological polar surface area (TPSA) is 92.2 Å². The molecule has 0 fully saturated rings. The molecule has 0 unspecified atom stereocenters. The van der Waals surface area contributed by atoms with Gasteiger partial charge in [-0.2, -0.15) is 0 Å². The second kappa shape index (κ2) is 6.35. The average molecular weight is 303 g/mol. The van der Waals surface area contributed by atoms with Crippen LogP contribution in [0.15, 0.2) is 41.6 Å². The fourth-order valence-electron chi connectivity index (χ4n) is 1.64. The summed E-state index contributed by atoms with van der Waals surface area (Å²) in [5, 5.41) is 8.69. The van der Waals surface area contributed by atoms with E-state index in [0.717, 1.165) is 0 Å². The first-order chi connectivity index (χ1) is 10.0. The number of aryl methyl sites for hydroxylation is 1. The molecule has 2 rings (SSSR count). The normalized spacial score (nSPS) is 10.6. The summed E-state index contributed by atoms with van der Waals surface area (Å²) in [4.78, 5) is 7.75. The van der Waals surface area contributed by atoms with Crippen molar-refractivity contribution >= 4 is 16.0 Å². The van der Waals surface area contributed by atoms with Gasteiger partial charge in [0.2, 0.25) is 5.95 Å². The maximum absolute atomic E-state index is 12.4. The summed E-state index contributed by atoms with van der Waals surface area (Å²) in [5.74, 6) is 5.16. The van der Waals surface area contributed by atoms with Gasteiger partial charge in [-0.05, 0) is 30.7 Å². The van der Waals surface area contributed by atoms with Crippen LogP contribution in [-0.4, -0.2) is 30.1 Å². The van der Waals surface area contributed by atoms with Crippen molar-refractivity contribution in [1.29, 1.82) is 0 Å². The number of hydrogen-bond acceptors (Lipinski definition) is 5. The lowest BCUT2D eigenvalue weighted by atomic mass is 10.1. The van der Waals surface area contributed by atoms with Crippen molar-refractivity contribution in [2.75, 3.05) is 11.3 Å². The maximum atomic E-state index is 12.4. The van der Waals surface area contributed by atoms with Crippen LogP contribution < -0.4 is 4.72 Å². The molecule has 0 radical (unpaired) electrons. The number of anilines is 1. The highest BCUT2D eigenvalue weighted by molar-refractivity contribution is 7.92. The molecule has 0 saturated heterocycles. The molecule has 0 aliphatic heterocycles. The first-order valence-corrected chi connectivity index (χ1v) is 7.51. The number of nitrogens with one attached hydrogen (secondary N) is 1. The molecule has 0 atom stereocenters. The van der Waals surface area contributed by atoms with Gasteiger partial charge in [0.1, 0.15) is 6.61 Å². The van der Waals surface area contributed by atoms with E-state index >= 15 is 0 Å². The van der Waals surface area contributed by atoms with Gasteiger partial charge in [-0.15, -0.1) is 0 Å². The predicted molar refractivity (Wildman–Crippen MR) is 78.0 cm³/mol. The molecule has 1 aromatic carbocycles. The van der Waals surface area contributed by atoms with Crippen LogP contribution in [0.25, 0.3) is 0 Å². The molecule has 1 aromatic heterocycles. The van der Waals surface area contributed by atoms with Crippen LogP contribution in [0.4, 0.5) is 5.95 Å². The second-order valence-corrected chi connectivity index (χ2v) is 5.77. The van der Waals surface area contributed by atoms with Crippen LogP contribution in [-0.2, 0) is 10.0 Å². The van der Waals surface area contributed by atoms with Gasteiger partial charge in [0.25, 0.3) is 10.0 Å². The Morgan fingerprint density at radius 3 is 2.67 bits per heavy atom. The molecule has 7 heteroatoms. The van der Waals surface area contributed by atoms with Crippen LogP contribution in [0.5, 0.6) is 0 Å². The fourth-order valence-corrected chi connectivity index (χ4v) is 2.87. The number of aliphatic hydroxyl groups excluding tert-OH is 1. The van der Waals surface area contributed by atoms with Crippen molar-refractivity contribution in [1.82, 2.24) is 9.97 Å². The van der Waals surface area contributed by atoms with Gasteiger partial charge in [-0.1, -0.05) is 17.9 Å². The smallest absolute Gasteiger partial charge is 0.264 e. The number of benzene rings is 1. The number of hydrogen-bond donors (Lipinski definition) is 2. The first kappa shape index (κ1) is 15.0. The number of rotatable bonds is 3. The summed E-state index contributed by atoms with van der Waals surface area (Å²) in [7, 11) is -3.80. The van der Waals surface area contributed by atoms with Crippen LogP contribution >= 0.6 is 0 Å². The monoisotopic (exact) mass is 303 g/mol. The summed E-state index contributed by atoms with van der Waals surface area (Å²) in [6.07, 6.45) is 2.89. The fraction of sp³-hybridized carbons (Fsp3) is 0.143. The molecule has 0 saturated carbocycles. The van der Waals surface area contributed by atoms with E-state index in [1.165, 1.54) is 18.5 Å². The quantitative estimate of drug-likeness (QED) is 0.823. The Kier molecular flexibility index (Phi) is 4.52. The predicted octanol–water partition coefficient (Wildman–Crippen LogP) is 0.930. The van der Waals surface area contributed by atoms with Gasteiger partial charge < -0.3 is 5.11 Å². The average Bonchev–Trinajstić information content (AvgIpc) is 2.47. The Morgan fingerprint density at radius 2 is 2.00 bits per heavy atom. The van der Waals surface area contributed by atoms with Crippen molar-refractivity contribution < 1.29 is 13.5 Å². The lowest BCUT2D eigenvalue weighted by Crippen LogP contribution is -2.16. The third-order valence-electron chi connectivity index (χ3n) is 2.58. The van der Waals surface area contributed by atoms with Gasteiger partial charge in [0, 0.05) is 18.0 Å². The number of aliphatic hydroxyl groups is 1. The summed E-state index contributed by atoms with van der Waals surface area (Å²) in [6, 6.07) is 6.38. The van der Waals surface area contributed by atoms with Gasteiger partial charge >= 0.3 is 0 Å². The minimum atomic E-state index is -3.80. The molecule has 21 heavy (non-hydrogen) atoms. The van der Waals surface area contributed by atoms with E-state index < -0.39 is 10.0 Å². The standard InChI is InChI=1S/C14H13N3O3S/c1-11-5-6-12(4-2-9-18)10-13(11)21(19,20)17-14-15-7-3-8-16-14/h3,5-8,10,18H,9H2,1H3,(H,15,16,17). The van der Waals surface area contributed by atoms with E-state index in [0.29, 0.717) is 11.1 Å². The molecule has 2 aromatic rings. The molecule has 6 nitrogen and oxygen atoms in total. The highest BCUT2D eigenvalue weighted by atomic mass is 32.2. The van der Waals surface area contributed by atoms with Gasteiger partial charge in [0.15, 0.2) is 0 Å². The van der Waals surface area contributed by atoms with Crippen molar-refractivity contribution in [3.8, 4) is 11.8 Å². The van der Waals surface area contributed by atoms with Crippen molar-refractivity contribution in [2.24, 2.45) is 0 Å². The summed E-state index contributed by atoms with van der Waals surface area (Å²) >= 11 is 0. The van der Waals surface area contributed by atoms with Crippen molar-refractivity contribution in [3.05, 3.63) is 47.8 Å². The SMILES string of the molecule is Cc1ccc(C#CCO)cc1S(=O)(=O)Nc1ncccn1. The minimum Gasteiger partial charge on any atom is -0.384 e. The van der Waals surface area contributed by atoms with E-state index in [-0.39, 0.29) is 17.5 Å². The first-order valence-electron chi connectivity index (χ1n) is 6.03.